The Hall–Kier alpha value is -4.17. The van der Waals surface area contributed by atoms with Crippen LogP contribution in [0.4, 0.5) is 0 Å². The third-order valence-corrected chi connectivity index (χ3v) is 11.7. The molecule has 2 nitrogen and oxygen atoms in total. The van der Waals surface area contributed by atoms with Crippen molar-refractivity contribution in [1.82, 2.24) is 9.97 Å². The number of aromatic nitrogens is 2. The van der Waals surface area contributed by atoms with Crippen LogP contribution in [0, 0.1) is 12.1 Å². The maximum atomic E-state index is 4.79. The summed E-state index contributed by atoms with van der Waals surface area (Å²) < 4.78 is 0. The van der Waals surface area contributed by atoms with Gasteiger partial charge >= 0.3 is 0 Å². The molecule has 4 aromatic carbocycles. The molecule has 0 saturated heterocycles. The molecule has 1 saturated carbocycles. The Labute approximate surface area is 318 Å². The fraction of sp³-hybridized carbons (Fsp3) is 0.292. The molecule has 6 aromatic rings. The van der Waals surface area contributed by atoms with Gasteiger partial charge in [0.15, 0.2) is 0 Å². The number of pyridine rings is 2. The number of hydrogen-bond donors (Lipinski definition) is 0. The van der Waals surface area contributed by atoms with Gasteiger partial charge in [0.1, 0.15) is 0 Å². The summed E-state index contributed by atoms with van der Waals surface area (Å²) in [4.78, 5) is 9.50. The molecule has 2 heterocycles. The molecule has 4 aliphatic carbocycles. The van der Waals surface area contributed by atoms with Crippen LogP contribution in [0.1, 0.15) is 100 Å². The van der Waals surface area contributed by atoms with E-state index in [1.165, 1.54) is 66.3 Å². The predicted octanol–water partition coefficient (Wildman–Crippen LogP) is 12.5. The van der Waals surface area contributed by atoms with E-state index in [0.717, 1.165) is 39.9 Å². The summed E-state index contributed by atoms with van der Waals surface area (Å²) in [6, 6.07) is 45.4. The van der Waals surface area contributed by atoms with Gasteiger partial charge in [0.2, 0.25) is 0 Å². The standard InChI is InChI=1S/C25H26N.C23H20N.Ir/c1-24(2)14-15-25(3,4)22-17-26-23(16-21(22)24)20-12-10-19(11-13-20)18-8-6-5-7-9-18;1-2-4-16(5-3-1)20-11-13-23(24-15-20)19-10-12-21-17-6-8-18(9-7-17)22(21)14-19;/h5-12,16-17H,14-15H2,1-4H3;1-5,11-15,17-18H,6-9H2;/q2*-1;. The second-order valence-corrected chi connectivity index (χ2v) is 15.8. The first-order valence-electron chi connectivity index (χ1n) is 18.4. The van der Waals surface area contributed by atoms with E-state index in [4.69, 9.17) is 9.97 Å². The minimum Gasteiger partial charge on any atom is -0.304 e. The fourth-order valence-corrected chi connectivity index (χ4v) is 8.43. The van der Waals surface area contributed by atoms with Gasteiger partial charge in [-0.05, 0) is 76.1 Å². The average molecular weight is 843 g/mol. The monoisotopic (exact) mass is 843 g/mol. The Morgan fingerprint density at radius 1 is 0.510 bits per heavy atom. The smallest absolute Gasteiger partial charge is 0.0239 e. The van der Waals surface area contributed by atoms with Gasteiger partial charge in [-0.3, -0.25) is 0 Å². The summed E-state index contributed by atoms with van der Waals surface area (Å²) in [5.41, 5.74) is 15.4. The molecular formula is C48H46IrN2-2. The molecule has 0 unspecified atom stereocenters. The van der Waals surface area contributed by atoms with Crippen molar-refractivity contribution in [3.05, 3.63) is 156 Å². The Kier molecular flexibility index (Phi) is 9.99. The normalized spacial score (nSPS) is 19.1. The van der Waals surface area contributed by atoms with E-state index < -0.39 is 0 Å². The molecule has 1 radical (unpaired) electrons. The number of rotatable bonds is 4. The zero-order valence-corrected chi connectivity index (χ0v) is 32.6. The first kappa shape index (κ1) is 35.2. The van der Waals surface area contributed by atoms with E-state index in [9.17, 15) is 0 Å². The van der Waals surface area contributed by atoms with Crippen molar-refractivity contribution >= 4 is 0 Å². The largest absolute Gasteiger partial charge is 0.304 e. The van der Waals surface area contributed by atoms with E-state index in [1.54, 1.807) is 11.1 Å². The van der Waals surface area contributed by atoms with Gasteiger partial charge < -0.3 is 9.97 Å². The summed E-state index contributed by atoms with van der Waals surface area (Å²) in [6.45, 7) is 9.38. The van der Waals surface area contributed by atoms with Crippen molar-refractivity contribution in [3.63, 3.8) is 0 Å². The van der Waals surface area contributed by atoms with Gasteiger partial charge in [-0.1, -0.05) is 136 Å². The number of hydrogen-bond acceptors (Lipinski definition) is 2. The zero-order chi connectivity index (χ0) is 34.3. The van der Waals surface area contributed by atoms with Crippen LogP contribution in [-0.2, 0) is 30.9 Å². The van der Waals surface area contributed by atoms with Crippen LogP contribution in [-0.4, -0.2) is 9.97 Å². The van der Waals surface area contributed by atoms with Crippen LogP contribution in [0.15, 0.2) is 122 Å². The molecule has 2 aromatic heterocycles. The third kappa shape index (κ3) is 7.17. The van der Waals surface area contributed by atoms with E-state index in [1.807, 2.05) is 18.3 Å². The summed E-state index contributed by atoms with van der Waals surface area (Å²) >= 11 is 0. The van der Waals surface area contributed by atoms with Crippen molar-refractivity contribution < 1.29 is 20.1 Å². The summed E-state index contributed by atoms with van der Waals surface area (Å²) in [6.07, 6.45) is 12.0. The maximum absolute atomic E-state index is 4.79. The second kappa shape index (κ2) is 14.5. The minimum atomic E-state index is 0. The molecular weight excluding hydrogens is 797 g/mol. The zero-order valence-electron chi connectivity index (χ0n) is 30.2. The number of fused-ring (bicyclic) bond motifs is 3. The third-order valence-electron chi connectivity index (χ3n) is 11.7. The van der Waals surface area contributed by atoms with Crippen LogP contribution >= 0.6 is 0 Å². The molecule has 4 aliphatic rings. The van der Waals surface area contributed by atoms with Gasteiger partial charge in [0, 0.05) is 32.5 Å². The van der Waals surface area contributed by atoms with Crippen LogP contribution in [0.2, 0.25) is 0 Å². The van der Waals surface area contributed by atoms with Crippen LogP contribution in [0.3, 0.4) is 0 Å². The minimum absolute atomic E-state index is 0. The van der Waals surface area contributed by atoms with E-state index in [2.05, 4.69) is 143 Å². The van der Waals surface area contributed by atoms with Crippen molar-refractivity contribution in [1.29, 1.82) is 0 Å². The molecule has 259 valence electrons. The summed E-state index contributed by atoms with van der Waals surface area (Å²) in [7, 11) is 0. The van der Waals surface area contributed by atoms with Gasteiger partial charge in [-0.25, -0.2) is 0 Å². The maximum Gasteiger partial charge on any atom is 0.0239 e. The first-order chi connectivity index (χ1) is 24.2. The Morgan fingerprint density at radius 3 is 1.69 bits per heavy atom. The van der Waals surface area contributed by atoms with Crippen molar-refractivity contribution in [2.45, 2.75) is 88.9 Å². The number of benzene rings is 4. The Bertz CT molecular complexity index is 2090. The number of nitrogens with zero attached hydrogens (tertiary/aromatic N) is 2. The van der Waals surface area contributed by atoms with Crippen molar-refractivity contribution in [3.8, 4) is 44.8 Å². The molecule has 0 spiro atoms. The van der Waals surface area contributed by atoms with Gasteiger partial charge in [0.05, 0.1) is 0 Å². The van der Waals surface area contributed by atoms with E-state index in [0.29, 0.717) is 0 Å². The molecule has 1 fully saturated rings. The molecule has 0 amide bonds. The van der Waals surface area contributed by atoms with Gasteiger partial charge in [-0.15, -0.1) is 64.7 Å². The fourth-order valence-electron chi connectivity index (χ4n) is 8.43. The molecule has 10 rings (SSSR count). The van der Waals surface area contributed by atoms with E-state index >= 15 is 0 Å². The molecule has 0 atom stereocenters. The Balaban J connectivity index is 0.000000157. The second-order valence-electron chi connectivity index (χ2n) is 15.8. The quantitative estimate of drug-likeness (QED) is 0.165. The van der Waals surface area contributed by atoms with E-state index in [-0.39, 0.29) is 30.9 Å². The molecule has 0 N–H and O–H groups in total. The summed E-state index contributed by atoms with van der Waals surface area (Å²) in [5.74, 6) is 1.55. The Morgan fingerprint density at radius 2 is 1.08 bits per heavy atom. The van der Waals surface area contributed by atoms with Gasteiger partial charge in [-0.2, -0.15) is 0 Å². The van der Waals surface area contributed by atoms with Crippen LogP contribution in [0.25, 0.3) is 44.8 Å². The SMILES string of the molecule is CC1(C)CCC(C)(C)c2cc(-c3[c-]cc(-c4ccccc4)cc3)ncc21.[Ir].[c-]1cc2c(cc1-c1ccc(-c3ccccc3)cn1)C1CCC2CC1. The predicted molar refractivity (Wildman–Crippen MR) is 207 cm³/mol. The van der Waals surface area contributed by atoms with Crippen molar-refractivity contribution in [2.24, 2.45) is 0 Å². The van der Waals surface area contributed by atoms with Gasteiger partial charge in [0.25, 0.3) is 0 Å². The topological polar surface area (TPSA) is 25.8 Å². The molecule has 0 aliphatic heterocycles. The summed E-state index contributed by atoms with van der Waals surface area (Å²) in [5, 5.41) is 0. The van der Waals surface area contributed by atoms with Crippen molar-refractivity contribution in [2.75, 3.05) is 0 Å². The average Bonchev–Trinajstić information content (AvgIpc) is 3.18. The molecule has 51 heavy (non-hydrogen) atoms. The first-order valence-corrected chi connectivity index (χ1v) is 18.4. The van der Waals surface area contributed by atoms with Crippen LogP contribution in [0.5, 0.6) is 0 Å². The molecule has 2 bridgehead atoms. The van der Waals surface area contributed by atoms with Crippen LogP contribution < -0.4 is 0 Å². The molecule has 3 heteroatoms.